The molecule has 120 valence electrons. The van der Waals surface area contributed by atoms with Crippen LogP contribution < -0.4 is 15.2 Å². The monoisotopic (exact) mass is 311 g/mol. The van der Waals surface area contributed by atoms with Crippen molar-refractivity contribution in [3.05, 3.63) is 59.7 Å². The fraction of sp³-hybridized carbons (Fsp3) is 0.263. The molecule has 2 aromatic rings. The molecular weight excluding hydrogens is 290 g/mol. The van der Waals surface area contributed by atoms with Crippen molar-refractivity contribution in [2.24, 2.45) is 0 Å². The maximum Gasteiger partial charge on any atom is 0.148 e. The Morgan fingerprint density at radius 2 is 1.91 bits per heavy atom. The van der Waals surface area contributed by atoms with Crippen LogP contribution in [0.2, 0.25) is 0 Å². The fourth-order valence-corrected chi connectivity index (χ4v) is 2.51. The zero-order valence-corrected chi connectivity index (χ0v) is 13.4. The van der Waals surface area contributed by atoms with Crippen molar-refractivity contribution in [1.82, 2.24) is 0 Å². The Hall–Kier alpha value is -2.46. The lowest BCUT2D eigenvalue weighted by atomic mass is 10.0. The molecule has 1 atom stereocenters. The number of anilines is 1. The van der Waals surface area contributed by atoms with Crippen LogP contribution in [0.4, 0.5) is 5.69 Å². The van der Waals surface area contributed by atoms with Crippen LogP contribution >= 0.6 is 0 Å². The summed E-state index contributed by atoms with van der Waals surface area (Å²) in [5.74, 6) is 1.67. The number of nitrogen functional groups attached to an aromatic ring is 1. The third-order valence-electron chi connectivity index (χ3n) is 3.81. The van der Waals surface area contributed by atoms with Crippen LogP contribution in [0.3, 0.4) is 0 Å². The van der Waals surface area contributed by atoms with E-state index in [2.05, 4.69) is 0 Å². The molecule has 0 aliphatic carbocycles. The molecule has 0 radical (unpaired) electrons. The van der Waals surface area contributed by atoms with Gasteiger partial charge >= 0.3 is 0 Å². The molecule has 4 nitrogen and oxygen atoms in total. The molecule has 0 spiro atoms. The van der Waals surface area contributed by atoms with Crippen LogP contribution in [0.15, 0.2) is 48.5 Å². The Morgan fingerprint density at radius 1 is 1.13 bits per heavy atom. The van der Waals surface area contributed by atoms with Crippen LogP contribution in [0.25, 0.3) is 6.08 Å². The molecule has 2 aromatic carbocycles. The SMILES string of the molecule is COc1ccc(COCC2(C)C=Cc3cc(N)ccc3O2)cc1. The van der Waals surface area contributed by atoms with E-state index in [-0.39, 0.29) is 0 Å². The fourth-order valence-electron chi connectivity index (χ4n) is 2.51. The number of hydrogen-bond acceptors (Lipinski definition) is 4. The van der Waals surface area contributed by atoms with Gasteiger partial charge in [0.15, 0.2) is 0 Å². The van der Waals surface area contributed by atoms with Crippen molar-refractivity contribution in [2.45, 2.75) is 19.1 Å². The van der Waals surface area contributed by atoms with E-state index < -0.39 is 5.60 Å². The minimum absolute atomic E-state index is 0.472. The molecule has 2 N–H and O–H groups in total. The summed E-state index contributed by atoms with van der Waals surface area (Å²) in [6.07, 6.45) is 4.05. The predicted molar refractivity (Wildman–Crippen MR) is 91.6 cm³/mol. The molecule has 0 amide bonds. The van der Waals surface area contributed by atoms with Gasteiger partial charge in [-0.2, -0.15) is 0 Å². The second-order valence-corrected chi connectivity index (χ2v) is 5.89. The van der Waals surface area contributed by atoms with E-state index in [1.165, 1.54) is 0 Å². The number of benzene rings is 2. The first kappa shape index (κ1) is 15.4. The van der Waals surface area contributed by atoms with E-state index in [0.717, 1.165) is 28.3 Å². The van der Waals surface area contributed by atoms with Crippen LogP contribution in [0.1, 0.15) is 18.1 Å². The summed E-state index contributed by atoms with van der Waals surface area (Å²) >= 11 is 0. The summed E-state index contributed by atoms with van der Waals surface area (Å²) in [6.45, 7) is 3.02. The van der Waals surface area contributed by atoms with Gasteiger partial charge in [0.1, 0.15) is 17.1 Å². The molecule has 0 saturated carbocycles. The molecule has 0 bridgehead atoms. The predicted octanol–water partition coefficient (Wildman–Crippen LogP) is 3.66. The molecule has 0 saturated heterocycles. The summed E-state index contributed by atoms with van der Waals surface area (Å²) in [5.41, 5.74) is 8.15. The lowest BCUT2D eigenvalue weighted by molar-refractivity contribution is 0.00631. The Morgan fingerprint density at radius 3 is 2.65 bits per heavy atom. The van der Waals surface area contributed by atoms with Crippen LogP contribution in [0.5, 0.6) is 11.5 Å². The van der Waals surface area contributed by atoms with Gasteiger partial charge in [-0.25, -0.2) is 0 Å². The first-order valence-corrected chi connectivity index (χ1v) is 7.56. The van der Waals surface area contributed by atoms with Gasteiger partial charge in [0.25, 0.3) is 0 Å². The van der Waals surface area contributed by atoms with Crippen molar-refractivity contribution >= 4 is 11.8 Å². The van der Waals surface area contributed by atoms with E-state index in [9.17, 15) is 0 Å². The highest BCUT2D eigenvalue weighted by Crippen LogP contribution is 2.32. The maximum absolute atomic E-state index is 6.06. The normalized spacial score (nSPS) is 19.0. The minimum atomic E-state index is -0.477. The average Bonchev–Trinajstić information content (AvgIpc) is 2.56. The van der Waals surface area contributed by atoms with Gasteiger partial charge in [0.2, 0.25) is 0 Å². The summed E-state index contributed by atoms with van der Waals surface area (Å²) in [4.78, 5) is 0. The number of fused-ring (bicyclic) bond motifs is 1. The van der Waals surface area contributed by atoms with Gasteiger partial charge in [-0.3, -0.25) is 0 Å². The standard InChI is InChI=1S/C19H21NO3/c1-19(10-9-15-11-16(20)5-8-18(15)23-19)13-22-12-14-3-6-17(21-2)7-4-14/h3-11H,12-13,20H2,1-2H3. The molecular formula is C19H21NO3. The lowest BCUT2D eigenvalue weighted by Crippen LogP contribution is -2.37. The largest absolute Gasteiger partial charge is 0.497 e. The molecule has 0 aromatic heterocycles. The molecule has 4 heteroatoms. The van der Waals surface area contributed by atoms with Crippen molar-refractivity contribution < 1.29 is 14.2 Å². The van der Waals surface area contributed by atoms with E-state index in [1.807, 2.05) is 61.5 Å². The van der Waals surface area contributed by atoms with E-state index in [1.54, 1.807) is 7.11 Å². The van der Waals surface area contributed by atoms with E-state index in [0.29, 0.717) is 13.2 Å². The van der Waals surface area contributed by atoms with Gasteiger partial charge in [0, 0.05) is 11.3 Å². The Kier molecular flexibility index (Phi) is 4.26. The van der Waals surface area contributed by atoms with Crippen molar-refractivity contribution in [1.29, 1.82) is 0 Å². The number of hydrogen-bond donors (Lipinski definition) is 1. The molecule has 1 aliphatic rings. The second-order valence-electron chi connectivity index (χ2n) is 5.89. The smallest absolute Gasteiger partial charge is 0.148 e. The van der Waals surface area contributed by atoms with E-state index in [4.69, 9.17) is 19.9 Å². The summed E-state index contributed by atoms with van der Waals surface area (Å²) in [5, 5.41) is 0. The topological polar surface area (TPSA) is 53.7 Å². The Balaban J connectivity index is 1.59. The van der Waals surface area contributed by atoms with Gasteiger partial charge in [-0.05, 0) is 48.9 Å². The van der Waals surface area contributed by atoms with Crippen molar-refractivity contribution in [2.75, 3.05) is 19.5 Å². The highest BCUT2D eigenvalue weighted by atomic mass is 16.5. The van der Waals surface area contributed by atoms with E-state index >= 15 is 0 Å². The zero-order valence-electron chi connectivity index (χ0n) is 13.4. The first-order valence-electron chi connectivity index (χ1n) is 7.56. The number of ether oxygens (including phenoxy) is 3. The highest BCUT2D eigenvalue weighted by Gasteiger charge is 2.27. The summed E-state index contributed by atoms with van der Waals surface area (Å²) in [7, 11) is 1.66. The zero-order chi connectivity index (χ0) is 16.3. The van der Waals surface area contributed by atoms with Gasteiger partial charge in [0.05, 0.1) is 20.3 Å². The Bertz CT molecular complexity index is 709. The molecule has 1 heterocycles. The highest BCUT2D eigenvalue weighted by molar-refractivity contribution is 5.65. The Labute approximate surface area is 136 Å². The van der Waals surface area contributed by atoms with Gasteiger partial charge in [-0.15, -0.1) is 0 Å². The number of methoxy groups -OCH3 is 1. The van der Waals surface area contributed by atoms with Crippen LogP contribution in [0, 0.1) is 0 Å². The second kappa shape index (κ2) is 6.34. The molecule has 3 rings (SSSR count). The maximum atomic E-state index is 6.06. The van der Waals surface area contributed by atoms with Gasteiger partial charge < -0.3 is 19.9 Å². The van der Waals surface area contributed by atoms with Crippen LogP contribution in [-0.2, 0) is 11.3 Å². The molecule has 0 fully saturated rings. The lowest BCUT2D eigenvalue weighted by Gasteiger charge is -2.31. The van der Waals surface area contributed by atoms with Gasteiger partial charge in [-0.1, -0.05) is 18.2 Å². The molecule has 1 unspecified atom stereocenters. The van der Waals surface area contributed by atoms with Crippen molar-refractivity contribution in [3.63, 3.8) is 0 Å². The third kappa shape index (κ3) is 3.66. The molecule has 1 aliphatic heterocycles. The average molecular weight is 311 g/mol. The minimum Gasteiger partial charge on any atom is -0.497 e. The van der Waals surface area contributed by atoms with Crippen LogP contribution in [-0.4, -0.2) is 19.3 Å². The van der Waals surface area contributed by atoms with Crippen molar-refractivity contribution in [3.8, 4) is 11.5 Å². The molecule has 23 heavy (non-hydrogen) atoms. The number of rotatable bonds is 5. The number of nitrogens with two attached hydrogens (primary N) is 1. The quantitative estimate of drug-likeness (QED) is 0.856. The first-order chi connectivity index (χ1) is 11.1. The third-order valence-corrected chi connectivity index (χ3v) is 3.81. The summed E-state index contributed by atoms with van der Waals surface area (Å²) < 4.78 is 17.0. The summed E-state index contributed by atoms with van der Waals surface area (Å²) in [6, 6.07) is 13.5.